The number of nitrogens with one attached hydrogen (secondary N) is 1. The average molecular weight is 309 g/mol. The third kappa shape index (κ3) is 5.24. The van der Waals surface area contributed by atoms with Crippen molar-refractivity contribution in [1.82, 2.24) is 9.80 Å². The van der Waals surface area contributed by atoms with E-state index in [1.807, 2.05) is 0 Å². The number of hydrogen-bond acceptors (Lipinski definition) is 4. The van der Waals surface area contributed by atoms with Crippen molar-refractivity contribution < 1.29 is 4.74 Å². The van der Waals surface area contributed by atoms with Crippen LogP contribution in [0.25, 0.3) is 0 Å². The zero-order valence-corrected chi connectivity index (χ0v) is 14.8. The van der Waals surface area contributed by atoms with Crippen molar-refractivity contribution in [2.24, 2.45) is 5.92 Å². The lowest BCUT2D eigenvalue weighted by atomic mass is 9.95. The Kier molecular flexibility index (Phi) is 7.16. The highest BCUT2D eigenvalue weighted by atomic mass is 16.5. The molecule has 128 valence electrons. The van der Waals surface area contributed by atoms with Gasteiger partial charge >= 0.3 is 0 Å². The van der Waals surface area contributed by atoms with Gasteiger partial charge in [-0.1, -0.05) is 13.3 Å². The normalized spacial score (nSPS) is 23.6. The molecule has 0 aromatic rings. The summed E-state index contributed by atoms with van der Waals surface area (Å²) in [4.78, 5) is 5.03. The highest BCUT2D eigenvalue weighted by Crippen LogP contribution is 2.22. The van der Waals surface area contributed by atoms with E-state index in [1.54, 1.807) is 0 Å². The van der Waals surface area contributed by atoms with Crippen LogP contribution in [0.1, 0.15) is 59.3 Å². The molecular weight excluding hydrogens is 274 g/mol. The second-order valence-corrected chi connectivity index (χ2v) is 7.28. The minimum Gasteiger partial charge on any atom is -0.476 e. The Morgan fingerprint density at radius 1 is 1.09 bits per heavy atom. The summed E-state index contributed by atoms with van der Waals surface area (Å²) in [6.07, 6.45) is 7.38. The second kappa shape index (κ2) is 8.88. The van der Waals surface area contributed by atoms with E-state index in [2.05, 4.69) is 30.6 Å². The second-order valence-electron chi connectivity index (χ2n) is 7.28. The summed E-state index contributed by atoms with van der Waals surface area (Å²) >= 11 is 0. The van der Waals surface area contributed by atoms with Crippen LogP contribution in [0.4, 0.5) is 0 Å². The van der Waals surface area contributed by atoms with Gasteiger partial charge in [0.1, 0.15) is 6.10 Å². The molecule has 2 rings (SSSR count). The van der Waals surface area contributed by atoms with Gasteiger partial charge in [-0.15, -0.1) is 0 Å². The number of nitrogens with zero attached hydrogens (tertiary/aromatic N) is 2. The van der Waals surface area contributed by atoms with Gasteiger partial charge in [-0.05, 0) is 72.1 Å². The van der Waals surface area contributed by atoms with E-state index in [9.17, 15) is 0 Å². The van der Waals surface area contributed by atoms with Crippen molar-refractivity contribution in [2.75, 3.05) is 32.7 Å². The smallest absolute Gasteiger partial charge is 0.184 e. The molecular formula is C18H35N3O. The SMILES string of the molecule is CCC(CN1CCCCC1)OC(=N)C1CCN(C(C)C)CC1. The largest absolute Gasteiger partial charge is 0.476 e. The monoisotopic (exact) mass is 309 g/mol. The molecule has 2 fully saturated rings. The molecule has 0 aromatic heterocycles. The zero-order valence-electron chi connectivity index (χ0n) is 14.8. The molecule has 0 spiro atoms. The highest BCUT2D eigenvalue weighted by Gasteiger charge is 2.26. The minimum absolute atomic E-state index is 0.203. The summed E-state index contributed by atoms with van der Waals surface area (Å²) in [5, 5.41) is 8.35. The third-order valence-electron chi connectivity index (χ3n) is 5.29. The van der Waals surface area contributed by atoms with Crippen LogP contribution in [0.3, 0.4) is 0 Å². The van der Waals surface area contributed by atoms with Crippen LogP contribution in [0.5, 0.6) is 0 Å². The lowest BCUT2D eigenvalue weighted by Crippen LogP contribution is -2.42. The van der Waals surface area contributed by atoms with Gasteiger partial charge < -0.3 is 9.64 Å². The molecule has 1 unspecified atom stereocenters. The first-order valence-corrected chi connectivity index (χ1v) is 9.31. The van der Waals surface area contributed by atoms with Crippen LogP contribution >= 0.6 is 0 Å². The maximum atomic E-state index is 8.35. The summed E-state index contributed by atoms with van der Waals surface area (Å²) < 4.78 is 6.06. The molecule has 22 heavy (non-hydrogen) atoms. The third-order valence-corrected chi connectivity index (χ3v) is 5.29. The summed E-state index contributed by atoms with van der Waals surface area (Å²) in [6, 6.07) is 0.624. The lowest BCUT2D eigenvalue weighted by molar-refractivity contribution is 0.0908. The van der Waals surface area contributed by atoms with E-state index in [0.717, 1.165) is 38.9 Å². The molecule has 0 aliphatic carbocycles. The first kappa shape index (κ1) is 17.7. The Bertz CT molecular complexity index is 331. The Balaban J connectivity index is 1.74. The molecule has 1 atom stereocenters. The number of ether oxygens (including phenoxy) is 1. The number of piperidine rings is 2. The van der Waals surface area contributed by atoms with E-state index in [4.69, 9.17) is 10.1 Å². The Morgan fingerprint density at radius 2 is 1.73 bits per heavy atom. The molecule has 2 saturated heterocycles. The van der Waals surface area contributed by atoms with Crippen LogP contribution in [0.15, 0.2) is 0 Å². The molecule has 0 aromatic carbocycles. The molecule has 2 aliphatic heterocycles. The Hall–Kier alpha value is -0.610. The first-order valence-electron chi connectivity index (χ1n) is 9.31. The first-order chi connectivity index (χ1) is 10.6. The van der Waals surface area contributed by atoms with Crippen molar-refractivity contribution >= 4 is 5.90 Å². The van der Waals surface area contributed by atoms with Gasteiger partial charge in [0.2, 0.25) is 0 Å². The van der Waals surface area contributed by atoms with Crippen LogP contribution in [-0.2, 0) is 4.74 Å². The summed E-state index contributed by atoms with van der Waals surface area (Å²) in [6.45, 7) is 12.3. The van der Waals surface area contributed by atoms with Gasteiger partial charge in [0.05, 0.1) is 0 Å². The molecule has 4 nitrogen and oxygen atoms in total. The molecule has 0 radical (unpaired) electrons. The van der Waals surface area contributed by atoms with Crippen LogP contribution in [0, 0.1) is 11.3 Å². The number of rotatable bonds is 6. The molecule has 4 heteroatoms. The van der Waals surface area contributed by atoms with Gasteiger partial charge in [-0.3, -0.25) is 10.3 Å². The Labute approximate surface area is 136 Å². The summed E-state index contributed by atoms with van der Waals surface area (Å²) in [5.41, 5.74) is 0. The van der Waals surface area contributed by atoms with Crippen LogP contribution < -0.4 is 0 Å². The van der Waals surface area contributed by atoms with Gasteiger partial charge in [0.15, 0.2) is 5.90 Å². The number of likely N-dealkylation sites (tertiary alicyclic amines) is 2. The van der Waals surface area contributed by atoms with Crippen molar-refractivity contribution in [3.63, 3.8) is 0 Å². The van der Waals surface area contributed by atoms with Gasteiger partial charge in [0.25, 0.3) is 0 Å². The number of hydrogen-bond donors (Lipinski definition) is 1. The standard InChI is InChI=1S/C18H35N3O/c1-4-17(14-20-10-6-5-7-11-20)22-18(19)16-8-12-21(13-9-16)15(2)3/h15-17,19H,4-14H2,1-3H3. The topological polar surface area (TPSA) is 39.6 Å². The van der Waals surface area contributed by atoms with Crippen molar-refractivity contribution in [1.29, 1.82) is 5.41 Å². The highest BCUT2D eigenvalue weighted by molar-refractivity contribution is 5.75. The molecule has 0 bridgehead atoms. The van der Waals surface area contributed by atoms with Crippen molar-refractivity contribution in [2.45, 2.75) is 71.4 Å². The maximum Gasteiger partial charge on any atom is 0.184 e. The van der Waals surface area contributed by atoms with Gasteiger partial charge in [0, 0.05) is 18.5 Å². The maximum absolute atomic E-state index is 8.35. The lowest BCUT2D eigenvalue weighted by Gasteiger charge is -2.36. The van der Waals surface area contributed by atoms with E-state index in [1.165, 1.54) is 32.4 Å². The molecule has 2 aliphatic rings. The van der Waals surface area contributed by atoms with Crippen LogP contribution in [0.2, 0.25) is 0 Å². The fourth-order valence-electron chi connectivity index (χ4n) is 3.63. The van der Waals surface area contributed by atoms with E-state index in [-0.39, 0.29) is 6.10 Å². The predicted octanol–water partition coefficient (Wildman–Crippen LogP) is 3.37. The van der Waals surface area contributed by atoms with E-state index in [0.29, 0.717) is 17.9 Å². The summed E-state index contributed by atoms with van der Waals surface area (Å²) in [7, 11) is 0. The molecule has 0 amide bonds. The minimum atomic E-state index is 0.203. The molecule has 2 heterocycles. The van der Waals surface area contributed by atoms with Gasteiger partial charge in [-0.25, -0.2) is 0 Å². The Morgan fingerprint density at radius 3 is 2.27 bits per heavy atom. The van der Waals surface area contributed by atoms with Crippen LogP contribution in [-0.4, -0.2) is 60.6 Å². The van der Waals surface area contributed by atoms with E-state index < -0.39 is 0 Å². The fourth-order valence-corrected chi connectivity index (χ4v) is 3.63. The average Bonchev–Trinajstić information content (AvgIpc) is 2.55. The van der Waals surface area contributed by atoms with E-state index >= 15 is 0 Å². The quantitative estimate of drug-likeness (QED) is 0.604. The van der Waals surface area contributed by atoms with Crippen molar-refractivity contribution in [3.8, 4) is 0 Å². The predicted molar refractivity (Wildman–Crippen MR) is 92.6 cm³/mol. The fraction of sp³-hybridized carbons (Fsp3) is 0.944. The molecule has 0 saturated carbocycles. The van der Waals surface area contributed by atoms with Crippen molar-refractivity contribution in [3.05, 3.63) is 0 Å². The van der Waals surface area contributed by atoms with Gasteiger partial charge in [-0.2, -0.15) is 0 Å². The molecule has 1 N–H and O–H groups in total. The summed E-state index contributed by atoms with van der Waals surface area (Å²) in [5.74, 6) is 0.887. The zero-order chi connectivity index (χ0) is 15.9.